The van der Waals surface area contributed by atoms with Crippen LogP contribution in [0.3, 0.4) is 0 Å². The molecular formula is C43H25N3S. The smallest absolute Gasteiger partial charge is 0.124 e. The number of aromatic nitrogens is 3. The van der Waals surface area contributed by atoms with E-state index >= 15 is 0 Å². The average molecular weight is 616 g/mol. The Kier molecular flexibility index (Phi) is 4.99. The topological polar surface area (TPSA) is 22.8 Å². The molecule has 0 N–H and O–H groups in total. The molecule has 0 atom stereocenters. The first-order valence-electron chi connectivity index (χ1n) is 16.0. The van der Waals surface area contributed by atoms with Gasteiger partial charge in [-0.25, -0.2) is 4.98 Å². The highest BCUT2D eigenvalue weighted by Crippen LogP contribution is 2.53. The van der Waals surface area contributed by atoms with Crippen LogP contribution in [0, 0.1) is 0 Å². The van der Waals surface area contributed by atoms with Crippen molar-refractivity contribution in [3.8, 4) is 43.6 Å². The lowest BCUT2D eigenvalue weighted by atomic mass is 10.0. The van der Waals surface area contributed by atoms with Crippen LogP contribution in [0.25, 0.3) is 98.0 Å². The Hall–Kier alpha value is -5.97. The van der Waals surface area contributed by atoms with Crippen LogP contribution >= 0.6 is 11.3 Å². The van der Waals surface area contributed by atoms with Crippen molar-refractivity contribution >= 4 is 65.7 Å². The highest BCUT2D eigenvalue weighted by Gasteiger charge is 2.28. The Balaban J connectivity index is 1.21. The van der Waals surface area contributed by atoms with E-state index in [0.717, 1.165) is 10.7 Å². The van der Waals surface area contributed by atoms with Crippen LogP contribution in [0.1, 0.15) is 0 Å². The summed E-state index contributed by atoms with van der Waals surface area (Å²) < 4.78 is 4.89. The second kappa shape index (κ2) is 9.29. The van der Waals surface area contributed by atoms with E-state index in [-0.39, 0.29) is 0 Å². The van der Waals surface area contributed by atoms with Gasteiger partial charge in [-0.1, -0.05) is 109 Å². The van der Waals surface area contributed by atoms with Gasteiger partial charge in [-0.3, -0.25) is 0 Å². The van der Waals surface area contributed by atoms with Gasteiger partial charge in [0, 0.05) is 54.7 Å². The highest BCUT2D eigenvalue weighted by molar-refractivity contribution is 7.19. The van der Waals surface area contributed by atoms with Crippen molar-refractivity contribution in [2.45, 2.75) is 0 Å². The summed E-state index contributed by atoms with van der Waals surface area (Å²) in [5.74, 6) is 0. The Bertz CT molecular complexity index is 2860. The third-order valence-corrected chi connectivity index (χ3v) is 11.0. The first-order chi connectivity index (χ1) is 23.3. The van der Waals surface area contributed by atoms with Gasteiger partial charge in [0.05, 0.1) is 38.3 Å². The summed E-state index contributed by atoms with van der Waals surface area (Å²) in [6, 6.07) is 54.9. The van der Waals surface area contributed by atoms with Gasteiger partial charge >= 0.3 is 0 Å². The van der Waals surface area contributed by atoms with Crippen LogP contribution in [-0.4, -0.2) is 14.1 Å². The van der Waals surface area contributed by atoms with Gasteiger partial charge in [0.1, 0.15) is 5.01 Å². The molecule has 218 valence electrons. The van der Waals surface area contributed by atoms with Gasteiger partial charge in [-0.15, -0.1) is 11.3 Å². The van der Waals surface area contributed by atoms with Crippen LogP contribution in [-0.2, 0) is 0 Å². The molecule has 0 saturated heterocycles. The summed E-state index contributed by atoms with van der Waals surface area (Å²) in [6.45, 7) is 0. The van der Waals surface area contributed by atoms with Gasteiger partial charge in [-0.2, -0.15) is 0 Å². The lowest BCUT2D eigenvalue weighted by Gasteiger charge is -2.13. The molecule has 0 unspecified atom stereocenters. The zero-order valence-corrected chi connectivity index (χ0v) is 26.0. The molecule has 47 heavy (non-hydrogen) atoms. The lowest BCUT2D eigenvalue weighted by molar-refractivity contribution is 1.18. The van der Waals surface area contributed by atoms with Crippen LogP contribution in [0.2, 0.25) is 0 Å². The third kappa shape index (κ3) is 3.32. The quantitative estimate of drug-likeness (QED) is 0.194. The molecule has 0 bridgehead atoms. The molecule has 4 heteroatoms. The van der Waals surface area contributed by atoms with Crippen molar-refractivity contribution in [3.05, 3.63) is 152 Å². The lowest BCUT2D eigenvalue weighted by Crippen LogP contribution is -1.96. The first-order valence-corrected chi connectivity index (χ1v) is 16.8. The zero-order valence-electron chi connectivity index (χ0n) is 25.2. The number of fused-ring (bicyclic) bond motifs is 10. The molecule has 0 amide bonds. The van der Waals surface area contributed by atoms with E-state index < -0.39 is 0 Å². The second-order valence-electron chi connectivity index (χ2n) is 12.3. The van der Waals surface area contributed by atoms with Crippen molar-refractivity contribution in [2.75, 3.05) is 0 Å². The van der Waals surface area contributed by atoms with E-state index in [0.29, 0.717) is 0 Å². The molecular weight excluding hydrogens is 591 g/mol. The molecule has 0 radical (unpaired) electrons. The molecule has 3 nitrogen and oxygen atoms in total. The summed E-state index contributed by atoms with van der Waals surface area (Å²) in [5.41, 5.74) is 12.0. The predicted octanol–water partition coefficient (Wildman–Crippen LogP) is 11.8. The van der Waals surface area contributed by atoms with Gasteiger partial charge in [0.15, 0.2) is 0 Å². The molecule has 7 aromatic carbocycles. The molecule has 3 aromatic heterocycles. The molecule has 10 aromatic rings. The Morgan fingerprint density at radius 2 is 1.04 bits per heavy atom. The van der Waals surface area contributed by atoms with Crippen LogP contribution in [0.5, 0.6) is 0 Å². The molecule has 1 aliphatic rings. The normalized spacial score (nSPS) is 12.3. The minimum absolute atomic E-state index is 1.07. The molecule has 0 aliphatic heterocycles. The van der Waals surface area contributed by atoms with Crippen LogP contribution < -0.4 is 0 Å². The van der Waals surface area contributed by atoms with Crippen LogP contribution in [0.15, 0.2) is 152 Å². The molecule has 1 aliphatic carbocycles. The zero-order chi connectivity index (χ0) is 30.6. The van der Waals surface area contributed by atoms with Gasteiger partial charge in [-0.05, 0) is 42.5 Å². The second-order valence-corrected chi connectivity index (χ2v) is 13.3. The molecule has 11 rings (SSSR count). The van der Waals surface area contributed by atoms with Crippen LogP contribution in [0.4, 0.5) is 0 Å². The van der Waals surface area contributed by atoms with Gasteiger partial charge in [0.25, 0.3) is 0 Å². The number of para-hydroxylation sites is 3. The monoisotopic (exact) mass is 615 g/mol. The van der Waals surface area contributed by atoms with E-state index in [2.05, 4.69) is 161 Å². The van der Waals surface area contributed by atoms with Gasteiger partial charge in [0.2, 0.25) is 0 Å². The molecule has 0 spiro atoms. The van der Waals surface area contributed by atoms with E-state index in [4.69, 9.17) is 4.98 Å². The fraction of sp³-hybridized carbons (Fsp3) is 0. The summed E-state index contributed by atoms with van der Waals surface area (Å²) in [5, 5.41) is 8.74. The molecule has 3 heterocycles. The number of benzene rings is 7. The SMILES string of the molecule is c1ccc(-c2nc3c(s2)-c2ccc(-n4c5ccccc5c5c6c7ccccc7n(-c7ccccc7)c6ccc54)c4cccc-3c24)cc1. The predicted molar refractivity (Wildman–Crippen MR) is 198 cm³/mol. The van der Waals surface area contributed by atoms with Gasteiger partial charge < -0.3 is 9.13 Å². The Labute approximate surface area is 274 Å². The number of rotatable bonds is 3. The Morgan fingerprint density at radius 3 is 1.79 bits per heavy atom. The summed E-state index contributed by atoms with van der Waals surface area (Å²) in [7, 11) is 0. The van der Waals surface area contributed by atoms with Crippen molar-refractivity contribution in [1.29, 1.82) is 0 Å². The van der Waals surface area contributed by atoms with E-state index in [1.165, 1.54) is 87.3 Å². The molecule has 0 fully saturated rings. The number of hydrogen-bond acceptors (Lipinski definition) is 2. The maximum Gasteiger partial charge on any atom is 0.124 e. The summed E-state index contributed by atoms with van der Waals surface area (Å²) >= 11 is 1.80. The van der Waals surface area contributed by atoms with E-state index in [1.807, 2.05) is 0 Å². The number of hydrogen-bond donors (Lipinski definition) is 0. The minimum atomic E-state index is 1.07. The van der Waals surface area contributed by atoms with E-state index in [1.54, 1.807) is 11.3 Å². The first kappa shape index (κ1) is 25.2. The Morgan fingerprint density at radius 1 is 0.426 bits per heavy atom. The van der Waals surface area contributed by atoms with Crippen molar-refractivity contribution < 1.29 is 0 Å². The fourth-order valence-corrected chi connectivity index (χ4v) is 9.11. The molecule has 0 saturated carbocycles. The summed E-state index contributed by atoms with van der Waals surface area (Å²) in [4.78, 5) is 6.46. The third-order valence-electron chi connectivity index (χ3n) is 9.89. The van der Waals surface area contributed by atoms with E-state index in [9.17, 15) is 0 Å². The largest absolute Gasteiger partial charge is 0.309 e. The standard InChI is InChI=1S/C43H25N3S/c1-3-12-26(13-4-1)43-44-41-31-19-11-18-28-35(23-22-32(38(28)31)42(41)47-43)46-34-21-10-8-17-30(34)40-37(46)25-24-36-39(40)29-16-7-9-20-33(29)45(36)27-14-5-2-6-15-27/h1-25H. The number of nitrogens with zero attached hydrogens (tertiary/aromatic N) is 3. The fourth-order valence-electron chi connectivity index (χ4n) is 8.00. The van der Waals surface area contributed by atoms with Crippen molar-refractivity contribution in [3.63, 3.8) is 0 Å². The minimum Gasteiger partial charge on any atom is -0.309 e. The maximum atomic E-state index is 5.19. The van der Waals surface area contributed by atoms with Crippen molar-refractivity contribution in [2.24, 2.45) is 0 Å². The van der Waals surface area contributed by atoms with Crippen molar-refractivity contribution in [1.82, 2.24) is 14.1 Å². The highest BCUT2D eigenvalue weighted by atomic mass is 32.1. The summed E-state index contributed by atoms with van der Waals surface area (Å²) in [6.07, 6.45) is 0. The average Bonchev–Trinajstić information content (AvgIpc) is 3.88. The number of thiazole rings is 1. The maximum absolute atomic E-state index is 5.19.